The van der Waals surface area contributed by atoms with E-state index in [1.165, 1.54) is 29.0 Å². The third-order valence-corrected chi connectivity index (χ3v) is 7.75. The Kier molecular flexibility index (Phi) is 5.57. The first-order chi connectivity index (χ1) is 17.6. The van der Waals surface area contributed by atoms with E-state index in [-0.39, 0.29) is 17.4 Å². The lowest BCUT2D eigenvalue weighted by molar-refractivity contribution is 0.355. The van der Waals surface area contributed by atoms with Gasteiger partial charge in [-0.1, -0.05) is 53.8 Å². The molecule has 1 aromatic heterocycles. The van der Waals surface area contributed by atoms with Crippen molar-refractivity contribution in [3.8, 4) is 11.5 Å². The predicted molar refractivity (Wildman–Crippen MR) is 139 cm³/mol. The maximum atomic E-state index is 13.8. The molecule has 0 spiro atoms. The van der Waals surface area contributed by atoms with Crippen molar-refractivity contribution in [3.63, 3.8) is 0 Å². The van der Waals surface area contributed by atoms with E-state index in [1.807, 2.05) is 36.4 Å². The number of nitrogens with zero attached hydrogens (tertiary/aromatic N) is 2. The largest absolute Gasteiger partial charge is 0.493 e. The summed E-state index contributed by atoms with van der Waals surface area (Å²) in [4.78, 5) is 19.4. The van der Waals surface area contributed by atoms with Gasteiger partial charge in [0, 0.05) is 5.56 Å². The van der Waals surface area contributed by atoms with Crippen molar-refractivity contribution in [2.45, 2.75) is 18.9 Å². The van der Waals surface area contributed by atoms with Gasteiger partial charge in [0.05, 0.1) is 30.5 Å². The van der Waals surface area contributed by atoms with Crippen molar-refractivity contribution in [2.75, 3.05) is 14.2 Å². The summed E-state index contributed by atoms with van der Waals surface area (Å²) in [7, 11) is 3.17. The first-order valence-corrected chi connectivity index (χ1v) is 12.5. The first-order valence-electron chi connectivity index (χ1n) is 11.7. The van der Waals surface area contributed by atoms with Crippen LogP contribution in [0.4, 0.5) is 4.39 Å². The molecule has 1 aliphatic heterocycles. The zero-order chi connectivity index (χ0) is 24.8. The number of rotatable bonds is 4. The third kappa shape index (κ3) is 3.67. The van der Waals surface area contributed by atoms with E-state index in [1.54, 1.807) is 30.9 Å². The maximum absolute atomic E-state index is 13.8. The summed E-state index contributed by atoms with van der Waals surface area (Å²) in [5.74, 6) is 0.914. The molecule has 1 aliphatic carbocycles. The summed E-state index contributed by atoms with van der Waals surface area (Å²) in [6.07, 6.45) is 3.51. The topological polar surface area (TPSA) is 52.8 Å². The molecule has 36 heavy (non-hydrogen) atoms. The summed E-state index contributed by atoms with van der Waals surface area (Å²) >= 11 is 1.36. The van der Waals surface area contributed by atoms with Gasteiger partial charge < -0.3 is 9.47 Å². The molecule has 0 saturated carbocycles. The Hall–Kier alpha value is -3.97. The van der Waals surface area contributed by atoms with Gasteiger partial charge in [0.2, 0.25) is 0 Å². The SMILES string of the molecule is COc1ccc(/C=c2\sc3n(c2=O)[C@H](c2ccc(F)cc2)C2=C(N=3)c3ccccc3CC2)cc1OC. The van der Waals surface area contributed by atoms with E-state index in [0.717, 1.165) is 40.8 Å². The van der Waals surface area contributed by atoms with E-state index in [9.17, 15) is 9.18 Å². The molecule has 0 unspecified atom stereocenters. The van der Waals surface area contributed by atoms with Crippen molar-refractivity contribution in [1.29, 1.82) is 0 Å². The molecule has 1 atom stereocenters. The van der Waals surface area contributed by atoms with Crippen molar-refractivity contribution in [1.82, 2.24) is 4.57 Å². The average molecular weight is 499 g/mol. The molecular weight excluding hydrogens is 475 g/mol. The molecular formula is C29H23FN2O3S. The number of methoxy groups -OCH3 is 2. The molecule has 3 aromatic carbocycles. The van der Waals surface area contributed by atoms with Crippen LogP contribution in [0.1, 0.15) is 34.7 Å². The minimum atomic E-state index is -0.335. The van der Waals surface area contributed by atoms with E-state index in [0.29, 0.717) is 20.8 Å². The van der Waals surface area contributed by atoms with Gasteiger partial charge in [0.25, 0.3) is 5.56 Å². The highest BCUT2D eigenvalue weighted by molar-refractivity contribution is 7.07. The van der Waals surface area contributed by atoms with Crippen molar-refractivity contribution < 1.29 is 13.9 Å². The van der Waals surface area contributed by atoms with Crippen LogP contribution in [0.2, 0.25) is 0 Å². The van der Waals surface area contributed by atoms with Crippen LogP contribution in [0, 0.1) is 5.82 Å². The molecule has 6 rings (SSSR count). The van der Waals surface area contributed by atoms with Crippen LogP contribution in [0.15, 0.2) is 82.1 Å². The average Bonchev–Trinajstić information content (AvgIpc) is 3.22. The second-order valence-corrected chi connectivity index (χ2v) is 9.79. The summed E-state index contributed by atoms with van der Waals surface area (Å²) in [5, 5.41) is 0. The highest BCUT2D eigenvalue weighted by Gasteiger charge is 2.32. The van der Waals surface area contributed by atoms with Gasteiger partial charge in [-0.05, 0) is 65.4 Å². The zero-order valence-corrected chi connectivity index (χ0v) is 20.6. The Morgan fingerprint density at radius 3 is 2.56 bits per heavy atom. The second kappa shape index (κ2) is 8.91. The molecule has 5 nitrogen and oxygen atoms in total. The van der Waals surface area contributed by atoms with Crippen molar-refractivity contribution >= 4 is 23.1 Å². The molecule has 180 valence electrons. The van der Waals surface area contributed by atoms with E-state index in [2.05, 4.69) is 12.1 Å². The summed E-state index contributed by atoms with van der Waals surface area (Å²) in [6.45, 7) is 0. The fraction of sp³-hybridized carbons (Fsp3) is 0.172. The molecule has 0 fully saturated rings. The number of fused-ring (bicyclic) bond motifs is 3. The molecule has 7 heteroatoms. The highest BCUT2D eigenvalue weighted by Crippen LogP contribution is 2.41. The molecule has 2 heterocycles. The lowest BCUT2D eigenvalue weighted by atomic mass is 9.83. The van der Waals surface area contributed by atoms with Crippen LogP contribution < -0.4 is 24.4 Å². The maximum Gasteiger partial charge on any atom is 0.271 e. The van der Waals surface area contributed by atoms with Crippen LogP contribution in [-0.4, -0.2) is 18.8 Å². The van der Waals surface area contributed by atoms with E-state index in [4.69, 9.17) is 14.5 Å². The number of allylic oxidation sites excluding steroid dienone is 1. The van der Waals surface area contributed by atoms with Gasteiger partial charge in [-0.15, -0.1) is 0 Å². The molecule has 0 radical (unpaired) electrons. The van der Waals surface area contributed by atoms with Crippen LogP contribution in [-0.2, 0) is 6.42 Å². The highest BCUT2D eigenvalue weighted by atomic mass is 32.1. The van der Waals surface area contributed by atoms with E-state index < -0.39 is 0 Å². The standard InChI is InChI=1S/C29H23FN2O3S/c1-34-23-14-7-17(15-24(23)35-2)16-25-28(33)32-27(19-8-11-20(30)12-9-19)22-13-10-18-5-3-4-6-21(18)26(22)31-29(32)36-25/h3-9,11-12,14-16,27H,10,13H2,1-2H3/b25-16-/t27-/m1/s1. The smallest absolute Gasteiger partial charge is 0.271 e. The van der Waals surface area contributed by atoms with Gasteiger partial charge >= 0.3 is 0 Å². The zero-order valence-electron chi connectivity index (χ0n) is 19.8. The lowest BCUT2D eigenvalue weighted by Crippen LogP contribution is -2.38. The quantitative estimate of drug-likeness (QED) is 0.417. The third-order valence-electron chi connectivity index (χ3n) is 6.76. The van der Waals surface area contributed by atoms with Crippen LogP contribution >= 0.6 is 11.3 Å². The van der Waals surface area contributed by atoms with Crippen molar-refractivity contribution in [2.24, 2.45) is 4.99 Å². The van der Waals surface area contributed by atoms with Gasteiger partial charge in [-0.2, -0.15) is 0 Å². The molecule has 0 bridgehead atoms. The molecule has 4 aromatic rings. The van der Waals surface area contributed by atoms with Gasteiger partial charge in [0.1, 0.15) is 5.82 Å². The molecule has 0 saturated heterocycles. The number of halogens is 1. The second-order valence-electron chi connectivity index (χ2n) is 8.78. The Morgan fingerprint density at radius 2 is 1.78 bits per heavy atom. The fourth-order valence-electron chi connectivity index (χ4n) is 5.06. The Bertz CT molecular complexity index is 1700. The number of aryl methyl sites for hydroxylation is 1. The Labute approximate surface area is 211 Å². The van der Waals surface area contributed by atoms with Gasteiger partial charge in [-0.3, -0.25) is 9.36 Å². The van der Waals surface area contributed by atoms with Crippen LogP contribution in [0.3, 0.4) is 0 Å². The number of thiazole rings is 1. The number of aromatic nitrogens is 1. The van der Waals surface area contributed by atoms with Gasteiger partial charge in [-0.25, -0.2) is 9.38 Å². The summed E-state index contributed by atoms with van der Waals surface area (Å²) < 4.78 is 26.9. The van der Waals surface area contributed by atoms with Crippen LogP contribution in [0.5, 0.6) is 11.5 Å². The fourth-order valence-corrected chi connectivity index (χ4v) is 6.06. The molecule has 0 amide bonds. The van der Waals surface area contributed by atoms with Crippen molar-refractivity contribution in [3.05, 3.63) is 120 Å². The minimum absolute atomic E-state index is 0.117. The monoisotopic (exact) mass is 498 g/mol. The number of benzene rings is 3. The summed E-state index contributed by atoms with van der Waals surface area (Å²) in [6, 6.07) is 19.9. The number of ether oxygens (including phenoxy) is 2. The Morgan fingerprint density at radius 1 is 1.00 bits per heavy atom. The molecule has 2 aliphatic rings. The number of hydrogen-bond acceptors (Lipinski definition) is 5. The number of hydrogen-bond donors (Lipinski definition) is 0. The first kappa shape index (κ1) is 22.5. The van der Waals surface area contributed by atoms with E-state index >= 15 is 0 Å². The minimum Gasteiger partial charge on any atom is -0.493 e. The van der Waals surface area contributed by atoms with Crippen LogP contribution in [0.25, 0.3) is 11.8 Å². The predicted octanol–water partition coefficient (Wildman–Crippen LogP) is 4.48. The Balaban J connectivity index is 1.58. The van der Waals surface area contributed by atoms with Gasteiger partial charge in [0.15, 0.2) is 16.3 Å². The normalized spacial score (nSPS) is 16.6. The lowest BCUT2D eigenvalue weighted by Gasteiger charge is -2.30. The summed E-state index contributed by atoms with van der Waals surface area (Å²) in [5.41, 5.74) is 5.94. The molecule has 0 N–H and O–H groups in total.